The lowest BCUT2D eigenvalue weighted by Crippen LogP contribution is -2.39. The van der Waals surface area contributed by atoms with Crippen LogP contribution in [-0.4, -0.2) is 37.9 Å². The van der Waals surface area contributed by atoms with Crippen LogP contribution in [0.4, 0.5) is 0 Å². The Morgan fingerprint density at radius 2 is 2.33 bits per heavy atom. The van der Waals surface area contributed by atoms with Gasteiger partial charge in [0.2, 0.25) is 0 Å². The largest absolute Gasteiger partial charge is 0.460 e. The van der Waals surface area contributed by atoms with E-state index >= 15 is 0 Å². The highest BCUT2D eigenvalue weighted by Crippen LogP contribution is 2.19. The number of ether oxygens (including phenoxy) is 2. The molecule has 3 unspecified atom stereocenters. The van der Waals surface area contributed by atoms with Gasteiger partial charge in [-0.25, -0.2) is 0 Å². The van der Waals surface area contributed by atoms with Gasteiger partial charge in [0, 0.05) is 12.5 Å². The molecule has 0 aliphatic carbocycles. The van der Waals surface area contributed by atoms with Crippen LogP contribution in [0, 0.1) is 5.92 Å². The Labute approximate surface area is 90.3 Å². The first-order chi connectivity index (χ1) is 7.25. The highest BCUT2D eigenvalue weighted by atomic mass is 16.6. The van der Waals surface area contributed by atoms with Gasteiger partial charge < -0.3 is 14.8 Å². The summed E-state index contributed by atoms with van der Waals surface area (Å²) in [5.41, 5.74) is 0. The third kappa shape index (κ3) is 2.92. The van der Waals surface area contributed by atoms with Gasteiger partial charge in [0.25, 0.3) is 0 Å². The van der Waals surface area contributed by atoms with Gasteiger partial charge in [-0.2, -0.15) is 0 Å². The maximum absolute atomic E-state index is 11.8. The summed E-state index contributed by atoms with van der Waals surface area (Å²) in [6, 6.07) is 0.427. The molecule has 86 valence electrons. The van der Waals surface area contributed by atoms with Crippen LogP contribution in [0.5, 0.6) is 0 Å². The van der Waals surface area contributed by atoms with Gasteiger partial charge in [0.1, 0.15) is 6.10 Å². The van der Waals surface area contributed by atoms with Crippen molar-refractivity contribution in [3.63, 3.8) is 0 Å². The quantitative estimate of drug-likeness (QED) is 0.686. The summed E-state index contributed by atoms with van der Waals surface area (Å²) in [6.07, 6.45) is 2.65. The van der Waals surface area contributed by atoms with Crippen LogP contribution in [0.1, 0.15) is 26.2 Å². The summed E-state index contributed by atoms with van der Waals surface area (Å²) in [6.45, 7) is 4.33. The average molecular weight is 213 g/mol. The number of carbonyl (C=O) groups excluding carboxylic acids is 1. The Bertz CT molecular complexity index is 226. The molecule has 2 saturated heterocycles. The predicted octanol–water partition coefficient (Wildman–Crippen LogP) is 0.707. The number of nitrogens with one attached hydrogen (secondary N) is 1. The SMILES string of the molecule is CC1CC(C(=O)OC2CCOC2)CCN1. The fraction of sp³-hybridized carbons (Fsp3) is 0.909. The van der Waals surface area contributed by atoms with E-state index in [1.54, 1.807) is 0 Å². The summed E-state index contributed by atoms with van der Waals surface area (Å²) in [7, 11) is 0. The molecule has 3 atom stereocenters. The molecule has 2 heterocycles. The molecule has 0 bridgehead atoms. The third-order valence-electron chi connectivity index (χ3n) is 3.13. The van der Waals surface area contributed by atoms with Gasteiger partial charge in [-0.05, 0) is 26.3 Å². The molecule has 0 aromatic rings. The maximum atomic E-state index is 11.8. The molecule has 0 saturated carbocycles. The van der Waals surface area contributed by atoms with Crippen molar-refractivity contribution in [1.29, 1.82) is 0 Å². The van der Waals surface area contributed by atoms with Crippen molar-refractivity contribution in [2.45, 2.75) is 38.3 Å². The molecule has 0 spiro atoms. The van der Waals surface area contributed by atoms with Crippen molar-refractivity contribution < 1.29 is 14.3 Å². The van der Waals surface area contributed by atoms with Crippen molar-refractivity contribution in [2.24, 2.45) is 5.92 Å². The topological polar surface area (TPSA) is 47.6 Å². The molecule has 2 fully saturated rings. The van der Waals surface area contributed by atoms with Crippen molar-refractivity contribution in [2.75, 3.05) is 19.8 Å². The zero-order chi connectivity index (χ0) is 10.7. The first-order valence-electron chi connectivity index (χ1n) is 5.77. The summed E-state index contributed by atoms with van der Waals surface area (Å²) in [5, 5.41) is 3.33. The Hall–Kier alpha value is -0.610. The fourth-order valence-electron chi connectivity index (χ4n) is 2.21. The molecule has 2 rings (SSSR count). The second-order valence-electron chi connectivity index (χ2n) is 4.50. The highest BCUT2D eigenvalue weighted by molar-refractivity contribution is 5.72. The normalized spacial score (nSPS) is 36.5. The second kappa shape index (κ2) is 4.94. The molecule has 0 amide bonds. The van der Waals surface area contributed by atoms with E-state index in [0.717, 1.165) is 32.4 Å². The number of piperidine rings is 1. The van der Waals surface area contributed by atoms with Crippen LogP contribution >= 0.6 is 0 Å². The first kappa shape index (κ1) is 10.9. The Morgan fingerprint density at radius 1 is 1.47 bits per heavy atom. The smallest absolute Gasteiger partial charge is 0.309 e. The maximum Gasteiger partial charge on any atom is 0.309 e. The Morgan fingerprint density at radius 3 is 3.00 bits per heavy atom. The van der Waals surface area contributed by atoms with Gasteiger partial charge in [0.15, 0.2) is 0 Å². The van der Waals surface area contributed by atoms with E-state index in [-0.39, 0.29) is 18.0 Å². The minimum absolute atomic E-state index is 0.00249. The predicted molar refractivity (Wildman–Crippen MR) is 55.5 cm³/mol. The van der Waals surface area contributed by atoms with E-state index in [2.05, 4.69) is 12.2 Å². The number of hydrogen-bond donors (Lipinski definition) is 1. The molecular weight excluding hydrogens is 194 g/mol. The minimum atomic E-state index is -0.0288. The zero-order valence-electron chi connectivity index (χ0n) is 9.20. The molecule has 4 heteroatoms. The first-order valence-corrected chi connectivity index (χ1v) is 5.77. The lowest BCUT2D eigenvalue weighted by atomic mass is 9.93. The van der Waals surface area contributed by atoms with Crippen molar-refractivity contribution in [1.82, 2.24) is 5.32 Å². The van der Waals surface area contributed by atoms with Crippen molar-refractivity contribution >= 4 is 5.97 Å². The molecule has 2 aliphatic heterocycles. The number of esters is 1. The molecular formula is C11H19NO3. The van der Waals surface area contributed by atoms with Crippen LogP contribution in [0.25, 0.3) is 0 Å². The molecule has 4 nitrogen and oxygen atoms in total. The van der Waals surface area contributed by atoms with Gasteiger partial charge in [-0.15, -0.1) is 0 Å². The van der Waals surface area contributed by atoms with E-state index in [0.29, 0.717) is 12.6 Å². The minimum Gasteiger partial charge on any atom is -0.460 e. The molecule has 2 aliphatic rings. The molecule has 0 radical (unpaired) electrons. The molecule has 1 N–H and O–H groups in total. The number of carbonyl (C=O) groups is 1. The van der Waals surface area contributed by atoms with Gasteiger partial charge in [-0.1, -0.05) is 0 Å². The van der Waals surface area contributed by atoms with Crippen molar-refractivity contribution in [3.05, 3.63) is 0 Å². The number of hydrogen-bond acceptors (Lipinski definition) is 4. The second-order valence-corrected chi connectivity index (χ2v) is 4.50. The lowest BCUT2D eigenvalue weighted by molar-refractivity contribution is -0.155. The van der Waals surface area contributed by atoms with Crippen LogP contribution in [0.3, 0.4) is 0 Å². The molecule has 0 aromatic carbocycles. The van der Waals surface area contributed by atoms with E-state index in [1.165, 1.54) is 0 Å². The standard InChI is InChI=1S/C11H19NO3/c1-8-6-9(2-4-12-8)11(13)15-10-3-5-14-7-10/h8-10,12H,2-7H2,1H3. The Balaban J connectivity index is 1.78. The van der Waals surface area contributed by atoms with E-state index < -0.39 is 0 Å². The highest BCUT2D eigenvalue weighted by Gasteiger charge is 2.29. The number of rotatable bonds is 2. The molecule has 15 heavy (non-hydrogen) atoms. The van der Waals surface area contributed by atoms with Crippen LogP contribution in [0.2, 0.25) is 0 Å². The van der Waals surface area contributed by atoms with Crippen LogP contribution in [-0.2, 0) is 14.3 Å². The van der Waals surface area contributed by atoms with Crippen LogP contribution < -0.4 is 5.32 Å². The summed E-state index contributed by atoms with van der Waals surface area (Å²) in [4.78, 5) is 11.8. The van der Waals surface area contributed by atoms with E-state index in [4.69, 9.17) is 9.47 Å². The summed E-state index contributed by atoms with van der Waals surface area (Å²) in [5.74, 6) is 0.0562. The van der Waals surface area contributed by atoms with E-state index in [1.807, 2.05) is 0 Å². The van der Waals surface area contributed by atoms with Gasteiger partial charge >= 0.3 is 5.97 Å². The molecule has 0 aromatic heterocycles. The third-order valence-corrected chi connectivity index (χ3v) is 3.13. The van der Waals surface area contributed by atoms with Gasteiger partial charge in [-0.3, -0.25) is 4.79 Å². The fourth-order valence-corrected chi connectivity index (χ4v) is 2.21. The van der Waals surface area contributed by atoms with Crippen LogP contribution in [0.15, 0.2) is 0 Å². The Kier molecular flexibility index (Phi) is 3.59. The summed E-state index contributed by atoms with van der Waals surface area (Å²) < 4.78 is 10.6. The average Bonchev–Trinajstić information content (AvgIpc) is 2.70. The van der Waals surface area contributed by atoms with E-state index in [9.17, 15) is 4.79 Å². The zero-order valence-corrected chi connectivity index (χ0v) is 9.20. The lowest BCUT2D eigenvalue weighted by Gasteiger charge is -2.27. The van der Waals surface area contributed by atoms with Crippen molar-refractivity contribution in [3.8, 4) is 0 Å². The van der Waals surface area contributed by atoms with Gasteiger partial charge in [0.05, 0.1) is 19.1 Å². The monoisotopic (exact) mass is 213 g/mol. The summed E-state index contributed by atoms with van der Waals surface area (Å²) >= 11 is 0.